The number of nitrogens with zero attached hydrogens (tertiary/aromatic N) is 1. The van der Waals surface area contributed by atoms with Gasteiger partial charge in [-0.25, -0.2) is 0 Å². The monoisotopic (exact) mass is 316 g/mol. The summed E-state index contributed by atoms with van der Waals surface area (Å²) in [6.45, 7) is 7.73. The maximum absolute atomic E-state index is 5.40. The van der Waals surface area contributed by atoms with Gasteiger partial charge in [0.15, 0.2) is 5.96 Å². The molecule has 0 aliphatic carbocycles. The van der Waals surface area contributed by atoms with Gasteiger partial charge in [-0.3, -0.25) is 4.99 Å². The highest BCUT2D eigenvalue weighted by Crippen LogP contribution is 2.19. The predicted octanol–water partition coefficient (Wildman–Crippen LogP) is 2.61. The summed E-state index contributed by atoms with van der Waals surface area (Å²) in [5, 5.41) is 7.93. The lowest BCUT2D eigenvalue weighted by Gasteiger charge is -2.24. The number of rotatable bonds is 6. The fraction of sp³-hybridized carbons (Fsp3) is 0.500. The molecule has 3 N–H and O–H groups in total. The van der Waals surface area contributed by atoms with Gasteiger partial charge in [0.1, 0.15) is 0 Å². The van der Waals surface area contributed by atoms with E-state index in [0.29, 0.717) is 6.54 Å². The van der Waals surface area contributed by atoms with Gasteiger partial charge in [-0.2, -0.15) is 0 Å². The van der Waals surface area contributed by atoms with Crippen LogP contribution in [0.3, 0.4) is 0 Å². The zero-order valence-electron chi connectivity index (χ0n) is 14.8. The van der Waals surface area contributed by atoms with Gasteiger partial charge in [0.2, 0.25) is 0 Å². The number of aromatic amines is 1. The van der Waals surface area contributed by atoms with Crippen molar-refractivity contribution in [3.05, 3.63) is 35.5 Å². The van der Waals surface area contributed by atoms with Gasteiger partial charge in [-0.15, -0.1) is 0 Å². The summed E-state index contributed by atoms with van der Waals surface area (Å²) in [6, 6.07) is 6.52. The van der Waals surface area contributed by atoms with Crippen molar-refractivity contribution in [2.24, 2.45) is 4.99 Å². The molecule has 0 radical (unpaired) electrons. The second kappa shape index (κ2) is 7.51. The van der Waals surface area contributed by atoms with Crippen molar-refractivity contribution < 1.29 is 4.74 Å². The molecule has 5 nitrogen and oxygen atoms in total. The number of aliphatic imine (C=N–C) groups is 1. The average molecular weight is 316 g/mol. The zero-order valence-corrected chi connectivity index (χ0v) is 14.8. The van der Waals surface area contributed by atoms with Crippen molar-refractivity contribution in [2.75, 3.05) is 27.2 Å². The van der Waals surface area contributed by atoms with E-state index in [9.17, 15) is 0 Å². The van der Waals surface area contributed by atoms with E-state index in [1.165, 1.54) is 22.0 Å². The lowest BCUT2D eigenvalue weighted by Crippen LogP contribution is -2.45. The van der Waals surface area contributed by atoms with Crippen LogP contribution < -0.4 is 10.6 Å². The molecule has 1 heterocycles. The molecule has 0 saturated carbocycles. The van der Waals surface area contributed by atoms with Crippen LogP contribution in [-0.2, 0) is 11.2 Å². The molecule has 5 heteroatoms. The third-order valence-corrected chi connectivity index (χ3v) is 4.07. The maximum atomic E-state index is 5.40. The number of ether oxygens (including phenoxy) is 1. The first-order valence-electron chi connectivity index (χ1n) is 8.01. The van der Waals surface area contributed by atoms with E-state index in [2.05, 4.69) is 51.9 Å². The van der Waals surface area contributed by atoms with Crippen LogP contribution in [0.2, 0.25) is 0 Å². The molecule has 0 amide bonds. The predicted molar refractivity (Wildman–Crippen MR) is 97.2 cm³/mol. The highest BCUT2D eigenvalue weighted by molar-refractivity contribution is 5.84. The van der Waals surface area contributed by atoms with Gasteiger partial charge in [-0.1, -0.05) is 12.1 Å². The minimum absolute atomic E-state index is 0.216. The standard InChI is InChI=1S/C18H28N4O/c1-13-6-7-15-14(11-21-16(15)10-13)8-9-20-17(19-4)22-12-18(2,3)23-5/h6-7,10-11,21H,8-9,12H2,1-5H3,(H2,19,20,22). The first kappa shape index (κ1) is 17.3. The van der Waals surface area contributed by atoms with Crippen LogP contribution in [0.4, 0.5) is 0 Å². The summed E-state index contributed by atoms with van der Waals surface area (Å²) < 4.78 is 5.40. The summed E-state index contributed by atoms with van der Waals surface area (Å²) >= 11 is 0. The largest absolute Gasteiger partial charge is 0.377 e. The van der Waals surface area contributed by atoms with Crippen molar-refractivity contribution in [2.45, 2.75) is 32.8 Å². The average Bonchev–Trinajstić information content (AvgIpc) is 2.92. The molecule has 126 valence electrons. The molecule has 0 bridgehead atoms. The number of aryl methyl sites for hydroxylation is 1. The Hall–Kier alpha value is -2.01. The minimum Gasteiger partial charge on any atom is -0.377 e. The molecular weight excluding hydrogens is 288 g/mol. The molecule has 2 aromatic rings. The fourth-order valence-electron chi connectivity index (χ4n) is 2.41. The first-order valence-corrected chi connectivity index (χ1v) is 8.01. The van der Waals surface area contributed by atoms with E-state index < -0.39 is 0 Å². The Labute approximate surface area is 138 Å². The topological polar surface area (TPSA) is 61.4 Å². The molecule has 0 fully saturated rings. The zero-order chi connectivity index (χ0) is 16.9. The molecule has 23 heavy (non-hydrogen) atoms. The smallest absolute Gasteiger partial charge is 0.191 e. The van der Waals surface area contributed by atoms with Crippen molar-refractivity contribution in [1.29, 1.82) is 0 Å². The highest BCUT2D eigenvalue weighted by atomic mass is 16.5. The Morgan fingerprint density at radius 2 is 2.09 bits per heavy atom. The molecule has 2 rings (SSSR count). The lowest BCUT2D eigenvalue weighted by molar-refractivity contribution is 0.0268. The summed E-state index contributed by atoms with van der Waals surface area (Å²) in [5.74, 6) is 0.797. The normalized spacial score (nSPS) is 12.7. The number of fused-ring (bicyclic) bond motifs is 1. The van der Waals surface area contributed by atoms with E-state index in [0.717, 1.165) is 18.9 Å². The Morgan fingerprint density at radius 3 is 2.78 bits per heavy atom. The van der Waals surface area contributed by atoms with E-state index in [4.69, 9.17) is 4.74 Å². The number of aromatic nitrogens is 1. The maximum Gasteiger partial charge on any atom is 0.191 e. The molecule has 0 spiro atoms. The van der Waals surface area contributed by atoms with Crippen LogP contribution in [0.25, 0.3) is 10.9 Å². The van der Waals surface area contributed by atoms with Crippen molar-refractivity contribution in [3.63, 3.8) is 0 Å². The minimum atomic E-state index is -0.216. The van der Waals surface area contributed by atoms with Crippen LogP contribution in [-0.4, -0.2) is 43.8 Å². The Morgan fingerprint density at radius 1 is 1.30 bits per heavy atom. The van der Waals surface area contributed by atoms with Crippen molar-refractivity contribution >= 4 is 16.9 Å². The molecule has 1 aromatic heterocycles. The van der Waals surface area contributed by atoms with Crippen LogP contribution in [0.1, 0.15) is 25.0 Å². The molecule has 1 aromatic carbocycles. The van der Waals surface area contributed by atoms with E-state index in [1.807, 2.05) is 13.8 Å². The van der Waals surface area contributed by atoms with Crippen LogP contribution in [0.5, 0.6) is 0 Å². The number of guanidine groups is 1. The molecule has 0 saturated heterocycles. The number of H-pyrrole nitrogens is 1. The van der Waals surface area contributed by atoms with Gasteiger partial charge in [0.05, 0.1) is 5.60 Å². The van der Waals surface area contributed by atoms with Gasteiger partial charge in [0, 0.05) is 44.3 Å². The Kier molecular flexibility index (Phi) is 5.66. The Balaban J connectivity index is 1.87. The van der Waals surface area contributed by atoms with Crippen LogP contribution in [0, 0.1) is 6.92 Å². The first-order chi connectivity index (χ1) is 10.9. The van der Waals surface area contributed by atoms with Gasteiger partial charge >= 0.3 is 0 Å². The number of methoxy groups -OCH3 is 1. The molecular formula is C18H28N4O. The SMILES string of the molecule is CN=C(NCCc1c[nH]c2cc(C)ccc12)NCC(C)(C)OC. The number of benzene rings is 1. The fourth-order valence-corrected chi connectivity index (χ4v) is 2.41. The molecule has 0 atom stereocenters. The van der Waals surface area contributed by atoms with Gasteiger partial charge in [-0.05, 0) is 44.4 Å². The quantitative estimate of drug-likeness (QED) is 0.567. The Bertz CT molecular complexity index is 673. The summed E-state index contributed by atoms with van der Waals surface area (Å²) in [6.07, 6.45) is 3.04. The van der Waals surface area contributed by atoms with Crippen LogP contribution >= 0.6 is 0 Å². The van der Waals surface area contributed by atoms with Gasteiger partial charge in [0.25, 0.3) is 0 Å². The summed E-state index contributed by atoms with van der Waals surface area (Å²) in [4.78, 5) is 7.59. The van der Waals surface area contributed by atoms with E-state index >= 15 is 0 Å². The number of hydrogen-bond donors (Lipinski definition) is 3. The summed E-state index contributed by atoms with van der Waals surface area (Å²) in [7, 11) is 3.50. The molecule has 0 aliphatic rings. The molecule has 0 aliphatic heterocycles. The van der Waals surface area contributed by atoms with Crippen LogP contribution in [0.15, 0.2) is 29.4 Å². The number of hydrogen-bond acceptors (Lipinski definition) is 2. The summed E-state index contributed by atoms with van der Waals surface area (Å²) in [5.41, 5.74) is 3.57. The number of nitrogens with one attached hydrogen (secondary N) is 3. The van der Waals surface area contributed by atoms with Crippen molar-refractivity contribution in [1.82, 2.24) is 15.6 Å². The third-order valence-electron chi connectivity index (χ3n) is 4.07. The lowest BCUT2D eigenvalue weighted by atomic mass is 10.1. The highest BCUT2D eigenvalue weighted by Gasteiger charge is 2.16. The second-order valence-corrected chi connectivity index (χ2v) is 6.43. The van der Waals surface area contributed by atoms with Crippen molar-refractivity contribution in [3.8, 4) is 0 Å². The van der Waals surface area contributed by atoms with Gasteiger partial charge < -0.3 is 20.4 Å². The van der Waals surface area contributed by atoms with E-state index in [-0.39, 0.29) is 5.60 Å². The van der Waals surface area contributed by atoms with E-state index in [1.54, 1.807) is 14.2 Å². The second-order valence-electron chi connectivity index (χ2n) is 6.43. The molecule has 0 unspecified atom stereocenters. The third kappa shape index (κ3) is 4.73.